The van der Waals surface area contributed by atoms with E-state index >= 15 is 0 Å². The molecule has 2 N–H and O–H groups in total. The number of aryl methyl sites for hydroxylation is 2. The van der Waals surface area contributed by atoms with E-state index in [0.29, 0.717) is 36.8 Å². The van der Waals surface area contributed by atoms with E-state index in [1.165, 1.54) is 0 Å². The molecule has 19 heavy (non-hydrogen) atoms. The van der Waals surface area contributed by atoms with Gasteiger partial charge in [-0.05, 0) is 37.3 Å². The Kier molecular flexibility index (Phi) is 5.50. The molecule has 0 bridgehead atoms. The van der Waals surface area contributed by atoms with Gasteiger partial charge in [-0.25, -0.2) is 0 Å². The van der Waals surface area contributed by atoms with Crippen LogP contribution in [0.2, 0.25) is 0 Å². The molecule has 0 saturated carbocycles. The number of hydrogen-bond donors (Lipinski definition) is 2. The van der Waals surface area contributed by atoms with Crippen molar-refractivity contribution >= 4 is 16.1 Å². The fourth-order valence-electron chi connectivity index (χ4n) is 2.05. The maximum atomic E-state index is 11.3. The summed E-state index contributed by atoms with van der Waals surface area (Å²) in [7, 11) is -4.21. The molecular formula is C13H18O5S. The van der Waals surface area contributed by atoms with Crippen LogP contribution in [0, 0.1) is 6.92 Å². The van der Waals surface area contributed by atoms with Gasteiger partial charge >= 0.3 is 5.97 Å². The number of carboxylic acid groups (broad SMARTS) is 1. The quantitative estimate of drug-likeness (QED) is 0.593. The number of benzene rings is 1. The minimum Gasteiger partial charge on any atom is -0.481 e. The summed E-state index contributed by atoms with van der Waals surface area (Å²) in [6.07, 6.45) is 2.61. The monoisotopic (exact) mass is 286 g/mol. The molecule has 0 aliphatic heterocycles. The molecule has 0 saturated heterocycles. The highest BCUT2D eigenvalue weighted by atomic mass is 32.2. The highest BCUT2D eigenvalue weighted by Crippen LogP contribution is 2.22. The van der Waals surface area contributed by atoms with E-state index in [1.807, 2.05) is 0 Å². The first-order chi connectivity index (χ1) is 8.82. The lowest BCUT2D eigenvalue weighted by Crippen LogP contribution is -2.06. The number of unbranched alkanes of at least 4 members (excludes halogenated alkanes) is 2. The molecule has 0 aliphatic rings. The van der Waals surface area contributed by atoms with E-state index in [-0.39, 0.29) is 11.3 Å². The highest BCUT2D eigenvalue weighted by Gasteiger charge is 2.17. The molecule has 1 aromatic carbocycles. The molecule has 0 spiro atoms. The van der Waals surface area contributed by atoms with Crippen molar-refractivity contribution in [3.05, 3.63) is 29.3 Å². The highest BCUT2D eigenvalue weighted by molar-refractivity contribution is 7.86. The molecule has 0 heterocycles. The molecule has 5 nitrogen and oxygen atoms in total. The normalized spacial score (nSPS) is 11.5. The van der Waals surface area contributed by atoms with Gasteiger partial charge in [0.05, 0.1) is 4.90 Å². The van der Waals surface area contributed by atoms with Crippen LogP contribution in [0.15, 0.2) is 23.1 Å². The topological polar surface area (TPSA) is 91.7 Å². The molecule has 0 fully saturated rings. The second kappa shape index (κ2) is 6.68. The van der Waals surface area contributed by atoms with Crippen LogP contribution < -0.4 is 0 Å². The standard InChI is InChI=1S/C13H18O5S/c1-10-6-5-8-11(13(10)19(16,17)18)7-3-2-4-9-12(14)15/h5-6,8H,2-4,7,9H2,1H3,(H,14,15)(H,16,17,18). The van der Waals surface area contributed by atoms with Gasteiger partial charge in [-0.3, -0.25) is 9.35 Å². The van der Waals surface area contributed by atoms with Crippen LogP contribution in [-0.4, -0.2) is 24.0 Å². The van der Waals surface area contributed by atoms with Crippen LogP contribution in [0.5, 0.6) is 0 Å². The Morgan fingerprint density at radius 3 is 2.47 bits per heavy atom. The first-order valence-electron chi connectivity index (χ1n) is 6.10. The first-order valence-corrected chi connectivity index (χ1v) is 7.54. The van der Waals surface area contributed by atoms with Crippen LogP contribution in [0.1, 0.15) is 36.8 Å². The fourth-order valence-corrected chi connectivity index (χ4v) is 3.02. The second-order valence-electron chi connectivity index (χ2n) is 4.49. The van der Waals surface area contributed by atoms with Crippen molar-refractivity contribution in [3.63, 3.8) is 0 Å². The minimum atomic E-state index is -4.21. The van der Waals surface area contributed by atoms with Gasteiger partial charge in [0.15, 0.2) is 0 Å². The van der Waals surface area contributed by atoms with Crippen LogP contribution in [0.25, 0.3) is 0 Å². The summed E-state index contributed by atoms with van der Waals surface area (Å²) in [5.74, 6) is -0.825. The van der Waals surface area contributed by atoms with Gasteiger partial charge in [-0.1, -0.05) is 24.6 Å². The maximum absolute atomic E-state index is 11.3. The molecule has 0 amide bonds. The zero-order valence-corrected chi connectivity index (χ0v) is 11.6. The molecule has 6 heteroatoms. The zero-order chi connectivity index (χ0) is 14.5. The number of aliphatic carboxylic acids is 1. The van der Waals surface area contributed by atoms with E-state index in [2.05, 4.69) is 0 Å². The average Bonchev–Trinajstić information content (AvgIpc) is 2.26. The van der Waals surface area contributed by atoms with Crippen LogP contribution in [0.4, 0.5) is 0 Å². The number of hydrogen-bond acceptors (Lipinski definition) is 3. The zero-order valence-electron chi connectivity index (χ0n) is 10.8. The van der Waals surface area contributed by atoms with Gasteiger partial charge in [0.25, 0.3) is 10.1 Å². The van der Waals surface area contributed by atoms with E-state index in [0.717, 1.165) is 0 Å². The van der Waals surface area contributed by atoms with Gasteiger partial charge in [0.2, 0.25) is 0 Å². The van der Waals surface area contributed by atoms with Crippen molar-refractivity contribution in [2.75, 3.05) is 0 Å². The third-order valence-electron chi connectivity index (χ3n) is 2.89. The van der Waals surface area contributed by atoms with Crippen LogP contribution >= 0.6 is 0 Å². The van der Waals surface area contributed by atoms with Gasteiger partial charge in [0, 0.05) is 6.42 Å². The van der Waals surface area contributed by atoms with Crippen molar-refractivity contribution < 1.29 is 22.9 Å². The van der Waals surface area contributed by atoms with Crippen LogP contribution in [0.3, 0.4) is 0 Å². The molecule has 1 rings (SSSR count). The first kappa shape index (κ1) is 15.7. The number of carbonyl (C=O) groups is 1. The predicted molar refractivity (Wildman–Crippen MR) is 70.8 cm³/mol. The fraction of sp³-hybridized carbons (Fsp3) is 0.462. The molecule has 0 radical (unpaired) electrons. The molecule has 0 aromatic heterocycles. The number of carboxylic acids is 1. The minimum absolute atomic E-state index is 0.0202. The van der Waals surface area contributed by atoms with Crippen molar-refractivity contribution in [1.29, 1.82) is 0 Å². The lowest BCUT2D eigenvalue weighted by Gasteiger charge is -2.09. The van der Waals surface area contributed by atoms with Gasteiger partial charge in [-0.2, -0.15) is 8.42 Å². The molecule has 1 aromatic rings. The van der Waals surface area contributed by atoms with Crippen LogP contribution in [-0.2, 0) is 21.3 Å². The Morgan fingerprint density at radius 2 is 1.89 bits per heavy atom. The third kappa shape index (κ3) is 5.00. The lowest BCUT2D eigenvalue weighted by molar-refractivity contribution is -0.137. The average molecular weight is 286 g/mol. The number of rotatable bonds is 7. The summed E-state index contributed by atoms with van der Waals surface area (Å²) in [5.41, 5.74) is 1.10. The Hall–Kier alpha value is -1.40. The van der Waals surface area contributed by atoms with Gasteiger partial charge in [0.1, 0.15) is 0 Å². The Labute approximate surface area is 113 Å². The van der Waals surface area contributed by atoms with Crippen molar-refractivity contribution in [2.45, 2.75) is 43.9 Å². The smallest absolute Gasteiger partial charge is 0.303 e. The van der Waals surface area contributed by atoms with Crippen molar-refractivity contribution in [3.8, 4) is 0 Å². The van der Waals surface area contributed by atoms with E-state index in [1.54, 1.807) is 25.1 Å². The molecule has 0 atom stereocenters. The summed E-state index contributed by atoms with van der Waals surface area (Å²) in [4.78, 5) is 10.3. The molecular weight excluding hydrogens is 268 g/mol. The lowest BCUT2D eigenvalue weighted by atomic mass is 10.0. The van der Waals surface area contributed by atoms with E-state index in [9.17, 15) is 17.8 Å². The van der Waals surface area contributed by atoms with Crippen molar-refractivity contribution in [1.82, 2.24) is 0 Å². The largest absolute Gasteiger partial charge is 0.481 e. The Bertz CT molecular complexity index is 548. The predicted octanol–water partition coefficient (Wildman–Crippen LogP) is 2.43. The third-order valence-corrected chi connectivity index (χ3v) is 3.99. The Balaban J connectivity index is 2.69. The molecule has 106 valence electrons. The van der Waals surface area contributed by atoms with Gasteiger partial charge in [-0.15, -0.1) is 0 Å². The summed E-state index contributed by atoms with van der Waals surface area (Å²) >= 11 is 0. The second-order valence-corrected chi connectivity index (χ2v) is 5.85. The van der Waals surface area contributed by atoms with Gasteiger partial charge < -0.3 is 5.11 Å². The SMILES string of the molecule is Cc1cccc(CCCCCC(=O)O)c1S(=O)(=O)O. The summed E-state index contributed by atoms with van der Waals surface area (Å²) < 4.78 is 31.9. The summed E-state index contributed by atoms with van der Waals surface area (Å²) in [5, 5.41) is 8.50. The van der Waals surface area contributed by atoms with E-state index in [4.69, 9.17) is 5.11 Å². The van der Waals surface area contributed by atoms with E-state index < -0.39 is 16.1 Å². The molecule has 0 unspecified atom stereocenters. The summed E-state index contributed by atoms with van der Waals surface area (Å²) in [6, 6.07) is 5.06. The molecule has 0 aliphatic carbocycles. The maximum Gasteiger partial charge on any atom is 0.303 e. The van der Waals surface area contributed by atoms with Crippen molar-refractivity contribution in [2.24, 2.45) is 0 Å². The summed E-state index contributed by atoms with van der Waals surface area (Å²) in [6.45, 7) is 1.64. The Morgan fingerprint density at radius 1 is 1.21 bits per heavy atom.